The highest BCUT2D eigenvalue weighted by atomic mass is 16.7. The molecule has 0 amide bonds. The summed E-state index contributed by atoms with van der Waals surface area (Å²) in [6.07, 6.45) is 106. The van der Waals surface area contributed by atoms with Crippen LogP contribution in [0.5, 0.6) is 0 Å². The second-order valence-electron chi connectivity index (χ2n) is 23.7. The number of unbranched alkanes of at least 4 members (excludes halogenated alkanes) is 13. The van der Waals surface area contributed by atoms with Gasteiger partial charge in [0.1, 0.15) is 13.2 Å². The zero-order valence-corrected chi connectivity index (χ0v) is 57.9. The molecule has 2 atom stereocenters. The molecule has 91 heavy (non-hydrogen) atoms. The lowest BCUT2D eigenvalue weighted by Crippen LogP contribution is -2.40. The minimum atomic E-state index is -1.53. The summed E-state index contributed by atoms with van der Waals surface area (Å²) in [5.41, 5.74) is 0. The second kappa shape index (κ2) is 69.8. The Kier molecular flexibility index (Phi) is 65.1. The molecular formula is C82H128NO8+. The largest absolute Gasteiger partial charge is 0.477 e. The predicted molar refractivity (Wildman–Crippen MR) is 391 cm³/mol. The molecule has 1 N–H and O–H groups in total. The molecule has 0 spiro atoms. The molecule has 0 aromatic rings. The van der Waals surface area contributed by atoms with Crippen LogP contribution in [0.15, 0.2) is 207 Å². The van der Waals surface area contributed by atoms with Crippen molar-refractivity contribution in [1.29, 1.82) is 0 Å². The number of carbonyl (C=O) groups excluding carboxylic acids is 2. The number of hydrogen-bond acceptors (Lipinski definition) is 7. The van der Waals surface area contributed by atoms with E-state index in [0.717, 1.165) is 167 Å². The summed E-state index contributed by atoms with van der Waals surface area (Å²) in [6, 6.07) is 0. The molecule has 0 saturated heterocycles. The van der Waals surface area contributed by atoms with Gasteiger partial charge in [-0.2, -0.15) is 0 Å². The Hall–Kier alpha value is -6.13. The summed E-state index contributed by atoms with van der Waals surface area (Å²) in [7, 11) is 5.95. The minimum Gasteiger partial charge on any atom is -0.477 e. The van der Waals surface area contributed by atoms with Gasteiger partial charge in [0, 0.05) is 12.8 Å². The molecule has 0 radical (unpaired) electrons. The first-order valence-corrected chi connectivity index (χ1v) is 35.2. The normalized spacial score (nSPS) is 14.0. The van der Waals surface area contributed by atoms with Crippen LogP contribution in [0, 0.1) is 0 Å². The third-order valence-electron chi connectivity index (χ3n) is 14.0. The van der Waals surface area contributed by atoms with E-state index in [0.29, 0.717) is 17.4 Å². The maximum Gasteiger partial charge on any atom is 0.361 e. The molecule has 0 aliphatic carbocycles. The predicted octanol–water partition coefficient (Wildman–Crippen LogP) is 22.4. The lowest BCUT2D eigenvalue weighted by atomic mass is 10.1. The smallest absolute Gasteiger partial charge is 0.361 e. The van der Waals surface area contributed by atoms with E-state index in [2.05, 4.69) is 220 Å². The maximum atomic E-state index is 12.9. The van der Waals surface area contributed by atoms with Gasteiger partial charge in [0.25, 0.3) is 6.29 Å². The number of esters is 2. The number of carboxylic acids is 1. The van der Waals surface area contributed by atoms with Gasteiger partial charge >= 0.3 is 17.9 Å². The maximum absolute atomic E-state index is 12.9. The Morgan fingerprint density at radius 3 is 0.879 bits per heavy atom. The van der Waals surface area contributed by atoms with Crippen LogP contribution in [0.1, 0.15) is 232 Å². The topological polar surface area (TPSA) is 108 Å². The van der Waals surface area contributed by atoms with E-state index >= 15 is 0 Å². The van der Waals surface area contributed by atoms with Crippen LogP contribution in [0.4, 0.5) is 0 Å². The van der Waals surface area contributed by atoms with Crippen molar-refractivity contribution in [3.63, 3.8) is 0 Å². The fourth-order valence-corrected chi connectivity index (χ4v) is 8.73. The highest BCUT2D eigenvalue weighted by Gasteiger charge is 2.25. The van der Waals surface area contributed by atoms with E-state index in [1.165, 1.54) is 32.1 Å². The average molecular weight is 1260 g/mol. The third kappa shape index (κ3) is 71.2. The van der Waals surface area contributed by atoms with Crippen LogP contribution in [0.3, 0.4) is 0 Å². The Balaban J connectivity index is 4.27. The fraction of sp³-hybridized carbons (Fsp3) is 0.549. The number of rotatable bonds is 62. The third-order valence-corrected chi connectivity index (χ3v) is 14.0. The first-order valence-electron chi connectivity index (χ1n) is 35.2. The van der Waals surface area contributed by atoms with E-state index in [4.69, 9.17) is 18.9 Å². The van der Waals surface area contributed by atoms with E-state index in [-0.39, 0.29) is 38.6 Å². The lowest BCUT2D eigenvalue weighted by Gasteiger charge is -2.25. The summed E-state index contributed by atoms with van der Waals surface area (Å²) in [4.78, 5) is 37.6. The molecule has 9 nitrogen and oxygen atoms in total. The van der Waals surface area contributed by atoms with Crippen LogP contribution in [-0.2, 0) is 33.3 Å². The summed E-state index contributed by atoms with van der Waals surface area (Å²) in [5.74, 6) is -2.07. The standard InChI is InChI=1S/C82H127NO8/c1-6-8-10-12-14-16-18-20-22-24-26-28-30-32-33-34-35-36-37-38-39-40-41-42-43-44-45-46-47-49-51-53-55-57-59-61-63-65-67-69-71-73-80(85)91-78(77-90-82(81(86)87)88-75-74-83(3,4)5)76-89-79(84)72-70-68-66-64-62-60-58-56-54-52-50-48-31-29-27-25-23-21-19-17-15-13-11-9-7-2/h8-11,14-17,20-23,26-29,32-33,35-36,38-39,41-42,44-45,47-50,53,55,59,61,78,82H,6-7,12-13,18-19,24-25,30-31,34,37,40,43,46,51-52,54,56-58,60,62-77H2,1-5H3/p+1/b10-8-,11-9-,16-14-,17-15-,22-20-,23-21-,28-26-,29-27-,33-32-,36-35-,39-38-,42-41-,45-44-,49-47-,50-48-,55-53-,61-59-. The van der Waals surface area contributed by atoms with Gasteiger partial charge in [0.15, 0.2) is 6.10 Å². The molecule has 0 bridgehead atoms. The highest BCUT2D eigenvalue weighted by molar-refractivity contribution is 5.71. The summed E-state index contributed by atoms with van der Waals surface area (Å²) in [5, 5.41) is 9.74. The highest BCUT2D eigenvalue weighted by Crippen LogP contribution is 2.14. The van der Waals surface area contributed by atoms with Crippen LogP contribution in [0.2, 0.25) is 0 Å². The summed E-state index contributed by atoms with van der Waals surface area (Å²) in [6.45, 7) is 4.58. The molecule has 0 aliphatic heterocycles. The molecule has 9 heteroatoms. The van der Waals surface area contributed by atoms with Crippen LogP contribution < -0.4 is 0 Å². The molecule has 0 rings (SSSR count). The van der Waals surface area contributed by atoms with Crippen LogP contribution in [0.25, 0.3) is 0 Å². The van der Waals surface area contributed by atoms with Crippen molar-refractivity contribution < 1.29 is 42.9 Å². The van der Waals surface area contributed by atoms with E-state index < -0.39 is 24.3 Å². The quantitative estimate of drug-likeness (QED) is 0.0211. The number of likely N-dealkylation sites (N-methyl/N-ethyl adjacent to an activating group) is 1. The number of aliphatic carboxylic acids is 1. The monoisotopic (exact) mass is 1250 g/mol. The van der Waals surface area contributed by atoms with E-state index in [1.807, 2.05) is 21.1 Å². The van der Waals surface area contributed by atoms with Gasteiger partial charge in [0.05, 0.1) is 34.4 Å². The molecule has 0 heterocycles. The van der Waals surface area contributed by atoms with Gasteiger partial charge in [-0.3, -0.25) is 9.59 Å². The SMILES string of the molecule is CC/C=C\C/C=C\C/C=C\C/C=C\C/C=C\C/C=C\C/C=C\C/C=C\C/C=C\C/C=C\C/C=C\C/C=C\CCCCCCC(=O)OC(COC(=O)CCCCCCCCCCC/C=C\C/C=C\C/C=C\C/C=C\C/C=C\CC)COC(OCC[N+](C)(C)C)C(=O)O. The number of quaternary nitrogens is 1. The number of allylic oxidation sites excluding steroid dienone is 34. The Morgan fingerprint density at radius 2 is 0.593 bits per heavy atom. The zero-order chi connectivity index (χ0) is 66.1. The van der Waals surface area contributed by atoms with Gasteiger partial charge in [-0.25, -0.2) is 4.79 Å². The van der Waals surface area contributed by atoms with Crippen LogP contribution >= 0.6 is 0 Å². The van der Waals surface area contributed by atoms with Crippen molar-refractivity contribution in [2.45, 2.75) is 245 Å². The molecule has 0 aliphatic rings. The van der Waals surface area contributed by atoms with E-state index in [9.17, 15) is 19.5 Å². The van der Waals surface area contributed by atoms with Crippen molar-refractivity contribution in [2.75, 3.05) is 47.5 Å². The van der Waals surface area contributed by atoms with Gasteiger partial charge < -0.3 is 28.5 Å². The molecule has 0 saturated carbocycles. The number of ether oxygens (including phenoxy) is 4. The van der Waals surface area contributed by atoms with Crippen molar-refractivity contribution >= 4 is 17.9 Å². The molecule has 0 aromatic heterocycles. The average Bonchev–Trinajstić information content (AvgIpc) is 3.53. The second-order valence-corrected chi connectivity index (χ2v) is 23.7. The van der Waals surface area contributed by atoms with Crippen molar-refractivity contribution in [1.82, 2.24) is 0 Å². The number of nitrogens with zero attached hydrogens (tertiary/aromatic N) is 1. The molecule has 0 fully saturated rings. The first-order chi connectivity index (χ1) is 44.6. The number of hydrogen-bond donors (Lipinski definition) is 1. The van der Waals surface area contributed by atoms with Crippen molar-refractivity contribution in [3.05, 3.63) is 207 Å². The minimum absolute atomic E-state index is 0.170. The van der Waals surface area contributed by atoms with Gasteiger partial charge in [0.2, 0.25) is 0 Å². The van der Waals surface area contributed by atoms with Gasteiger partial charge in [-0.15, -0.1) is 0 Å². The molecule has 0 aromatic carbocycles. The van der Waals surface area contributed by atoms with Gasteiger partial charge in [-0.1, -0.05) is 278 Å². The fourth-order valence-electron chi connectivity index (χ4n) is 8.73. The van der Waals surface area contributed by atoms with Crippen molar-refractivity contribution in [2.24, 2.45) is 0 Å². The number of carbonyl (C=O) groups is 3. The molecular weight excluding hydrogens is 1130 g/mol. The number of carboxylic acid groups (broad SMARTS) is 1. The lowest BCUT2D eigenvalue weighted by molar-refractivity contribution is -0.870. The molecule has 508 valence electrons. The Morgan fingerprint density at radius 1 is 0.330 bits per heavy atom. The Bertz CT molecular complexity index is 2250. The Labute approximate surface area is 556 Å². The zero-order valence-electron chi connectivity index (χ0n) is 57.9. The van der Waals surface area contributed by atoms with E-state index in [1.54, 1.807) is 0 Å². The first kappa shape index (κ1) is 84.9. The van der Waals surface area contributed by atoms with Crippen molar-refractivity contribution in [3.8, 4) is 0 Å². The van der Waals surface area contributed by atoms with Crippen LogP contribution in [-0.4, -0.2) is 87.4 Å². The summed E-state index contributed by atoms with van der Waals surface area (Å²) >= 11 is 0. The summed E-state index contributed by atoms with van der Waals surface area (Å²) < 4.78 is 22.9. The molecule has 2 unspecified atom stereocenters. The van der Waals surface area contributed by atoms with Gasteiger partial charge in [-0.05, 0) is 148 Å².